The third kappa shape index (κ3) is 3.57. The van der Waals surface area contributed by atoms with Crippen molar-refractivity contribution in [1.82, 2.24) is 14.9 Å². The molecule has 9 heteroatoms. The predicted octanol–water partition coefficient (Wildman–Crippen LogP) is 3.36. The lowest BCUT2D eigenvalue weighted by Crippen LogP contribution is -2.33. The third-order valence-electron chi connectivity index (χ3n) is 5.28. The molecule has 4 rings (SSSR count). The van der Waals surface area contributed by atoms with Crippen LogP contribution >= 0.6 is 0 Å². The Bertz CT molecular complexity index is 1170. The third-order valence-corrected chi connectivity index (χ3v) is 5.28. The minimum Gasteiger partial charge on any atom is -0.440 e. The Kier molecular flexibility index (Phi) is 4.57. The highest BCUT2D eigenvalue weighted by Gasteiger charge is 2.35. The number of nitrogens with zero attached hydrogens (tertiary/aromatic N) is 3. The molecule has 1 aliphatic heterocycles. The largest absolute Gasteiger partial charge is 0.451 e. The van der Waals surface area contributed by atoms with E-state index in [4.69, 9.17) is 10.2 Å². The van der Waals surface area contributed by atoms with Gasteiger partial charge in [-0.2, -0.15) is 13.2 Å². The van der Waals surface area contributed by atoms with Crippen LogP contribution in [0.15, 0.2) is 27.5 Å². The molecule has 1 aliphatic rings. The second-order valence-electron chi connectivity index (χ2n) is 7.33. The first kappa shape index (κ1) is 19.4. The highest BCUT2D eigenvalue weighted by atomic mass is 19.4. The lowest BCUT2D eigenvalue weighted by molar-refractivity contribution is -0.145. The SMILES string of the molecule is Cc1cc2oc(N)c(CN3CCc4nc(C(F)(F)F)ncc4C3)c(=O)c2cc1C. The van der Waals surface area contributed by atoms with E-state index in [0.29, 0.717) is 47.3 Å². The van der Waals surface area contributed by atoms with E-state index in [2.05, 4.69) is 9.97 Å². The van der Waals surface area contributed by atoms with Crippen LogP contribution < -0.4 is 11.2 Å². The van der Waals surface area contributed by atoms with Gasteiger partial charge in [-0.3, -0.25) is 9.69 Å². The number of fused-ring (bicyclic) bond motifs is 2. The van der Waals surface area contributed by atoms with E-state index in [9.17, 15) is 18.0 Å². The summed E-state index contributed by atoms with van der Waals surface area (Å²) < 4.78 is 44.1. The van der Waals surface area contributed by atoms with Crippen molar-refractivity contribution in [2.75, 3.05) is 12.3 Å². The minimum atomic E-state index is -4.57. The van der Waals surface area contributed by atoms with Gasteiger partial charge in [-0.15, -0.1) is 0 Å². The van der Waals surface area contributed by atoms with E-state index in [1.54, 1.807) is 12.1 Å². The molecule has 0 saturated heterocycles. The molecule has 6 nitrogen and oxygen atoms in total. The van der Waals surface area contributed by atoms with Crippen molar-refractivity contribution in [3.05, 3.63) is 62.3 Å². The van der Waals surface area contributed by atoms with Crippen molar-refractivity contribution >= 4 is 16.9 Å². The average Bonchev–Trinajstić information content (AvgIpc) is 2.66. The molecule has 0 radical (unpaired) electrons. The number of nitrogen functional groups attached to an aromatic ring is 1. The van der Waals surface area contributed by atoms with Crippen LogP contribution in [0, 0.1) is 13.8 Å². The Balaban J connectivity index is 1.63. The van der Waals surface area contributed by atoms with Gasteiger partial charge >= 0.3 is 6.18 Å². The van der Waals surface area contributed by atoms with Crippen LogP contribution in [0.1, 0.15) is 33.8 Å². The van der Waals surface area contributed by atoms with Gasteiger partial charge in [0, 0.05) is 37.8 Å². The van der Waals surface area contributed by atoms with Crippen LogP contribution in [-0.4, -0.2) is 21.4 Å². The molecule has 29 heavy (non-hydrogen) atoms. The predicted molar refractivity (Wildman–Crippen MR) is 101 cm³/mol. The van der Waals surface area contributed by atoms with Gasteiger partial charge in [0.15, 0.2) is 11.3 Å². The first-order valence-electron chi connectivity index (χ1n) is 9.10. The van der Waals surface area contributed by atoms with Gasteiger partial charge < -0.3 is 10.2 Å². The van der Waals surface area contributed by atoms with Crippen LogP contribution in [-0.2, 0) is 25.7 Å². The van der Waals surface area contributed by atoms with Crippen LogP contribution in [0.3, 0.4) is 0 Å². The van der Waals surface area contributed by atoms with Gasteiger partial charge in [-0.1, -0.05) is 0 Å². The molecule has 3 heterocycles. The summed E-state index contributed by atoms with van der Waals surface area (Å²) in [5, 5.41) is 0.466. The molecule has 2 aromatic heterocycles. The molecular formula is C20H19F3N4O2. The number of anilines is 1. The number of aromatic nitrogens is 2. The quantitative estimate of drug-likeness (QED) is 0.705. The molecule has 1 aromatic carbocycles. The number of rotatable bonds is 2. The summed E-state index contributed by atoms with van der Waals surface area (Å²) in [6.07, 6.45) is -3.03. The Hall–Kier alpha value is -2.94. The number of halogens is 3. The van der Waals surface area contributed by atoms with E-state index < -0.39 is 12.0 Å². The Labute approximate surface area is 164 Å². The number of hydrogen-bond acceptors (Lipinski definition) is 6. The molecule has 3 aromatic rings. The van der Waals surface area contributed by atoms with Crippen molar-refractivity contribution in [2.24, 2.45) is 0 Å². The highest BCUT2D eigenvalue weighted by Crippen LogP contribution is 2.28. The maximum atomic E-state index is 13.0. The summed E-state index contributed by atoms with van der Waals surface area (Å²) >= 11 is 0. The summed E-state index contributed by atoms with van der Waals surface area (Å²) in [5.41, 5.74) is 9.57. The molecule has 0 bridgehead atoms. The number of benzene rings is 1. The van der Waals surface area contributed by atoms with Gasteiger partial charge in [0.25, 0.3) is 0 Å². The molecule has 0 spiro atoms. The van der Waals surface area contributed by atoms with E-state index in [-0.39, 0.29) is 17.9 Å². The molecule has 0 atom stereocenters. The van der Waals surface area contributed by atoms with Crippen LogP contribution in [0.5, 0.6) is 0 Å². The van der Waals surface area contributed by atoms with Crippen LogP contribution in [0.2, 0.25) is 0 Å². The fourth-order valence-electron chi connectivity index (χ4n) is 3.53. The minimum absolute atomic E-state index is 0.0558. The zero-order valence-corrected chi connectivity index (χ0v) is 15.9. The molecule has 0 amide bonds. The first-order valence-corrected chi connectivity index (χ1v) is 9.10. The molecule has 2 N–H and O–H groups in total. The zero-order chi connectivity index (χ0) is 20.9. The van der Waals surface area contributed by atoms with E-state index in [1.165, 1.54) is 6.20 Å². The molecule has 0 aliphatic carbocycles. The Morgan fingerprint density at radius 1 is 1.24 bits per heavy atom. The molecule has 0 fully saturated rings. The summed E-state index contributed by atoms with van der Waals surface area (Å²) in [5.74, 6) is -1.07. The lowest BCUT2D eigenvalue weighted by atomic mass is 10.0. The Morgan fingerprint density at radius 3 is 2.69 bits per heavy atom. The molecule has 0 saturated carbocycles. The van der Waals surface area contributed by atoms with Crippen molar-refractivity contribution < 1.29 is 17.6 Å². The topological polar surface area (TPSA) is 85.2 Å². The average molecular weight is 404 g/mol. The first-order chi connectivity index (χ1) is 13.6. The number of alkyl halides is 3. The fraction of sp³-hybridized carbons (Fsp3) is 0.350. The summed E-state index contributed by atoms with van der Waals surface area (Å²) in [6.45, 7) is 4.86. The standard InChI is InChI=1S/C20H19F3N4O2/c1-10-5-13-16(6-11(10)2)29-18(24)14(17(13)28)9-27-4-3-15-12(8-27)7-25-19(26-15)20(21,22)23/h5-7H,3-4,8-9,24H2,1-2H3. The van der Waals surface area contributed by atoms with Gasteiger partial charge in [0.05, 0.1) is 16.6 Å². The number of aryl methyl sites for hydroxylation is 2. The van der Waals surface area contributed by atoms with E-state index in [0.717, 1.165) is 11.1 Å². The van der Waals surface area contributed by atoms with Gasteiger partial charge in [-0.05, 0) is 37.1 Å². The van der Waals surface area contributed by atoms with Crippen molar-refractivity contribution in [3.8, 4) is 0 Å². The monoisotopic (exact) mass is 404 g/mol. The smallest absolute Gasteiger partial charge is 0.440 e. The van der Waals surface area contributed by atoms with Crippen LogP contribution in [0.25, 0.3) is 11.0 Å². The van der Waals surface area contributed by atoms with E-state index >= 15 is 0 Å². The summed E-state index contributed by atoms with van der Waals surface area (Å²) in [6, 6.07) is 3.58. The molecule has 0 unspecified atom stereocenters. The zero-order valence-electron chi connectivity index (χ0n) is 15.9. The fourth-order valence-corrected chi connectivity index (χ4v) is 3.53. The van der Waals surface area contributed by atoms with Gasteiger partial charge in [0.2, 0.25) is 5.82 Å². The molecular weight excluding hydrogens is 385 g/mol. The normalized spacial score (nSPS) is 14.9. The van der Waals surface area contributed by atoms with Crippen LogP contribution in [0.4, 0.5) is 19.1 Å². The maximum absolute atomic E-state index is 13.0. The second-order valence-corrected chi connectivity index (χ2v) is 7.33. The highest BCUT2D eigenvalue weighted by molar-refractivity contribution is 5.80. The summed E-state index contributed by atoms with van der Waals surface area (Å²) in [4.78, 5) is 22.0. The van der Waals surface area contributed by atoms with Gasteiger partial charge in [0.1, 0.15) is 5.58 Å². The Morgan fingerprint density at radius 2 is 1.97 bits per heavy atom. The van der Waals surface area contributed by atoms with Crippen molar-refractivity contribution in [2.45, 2.75) is 39.5 Å². The van der Waals surface area contributed by atoms with Crippen molar-refractivity contribution in [1.29, 1.82) is 0 Å². The second kappa shape index (κ2) is 6.84. The number of hydrogen-bond donors (Lipinski definition) is 1. The maximum Gasteiger partial charge on any atom is 0.451 e. The summed E-state index contributed by atoms with van der Waals surface area (Å²) in [7, 11) is 0. The number of nitrogens with two attached hydrogens (primary N) is 1. The lowest BCUT2D eigenvalue weighted by Gasteiger charge is -2.28. The van der Waals surface area contributed by atoms with E-state index in [1.807, 2.05) is 18.7 Å². The van der Waals surface area contributed by atoms with Gasteiger partial charge in [-0.25, -0.2) is 9.97 Å². The molecule has 152 valence electrons. The van der Waals surface area contributed by atoms with Crippen molar-refractivity contribution in [3.63, 3.8) is 0 Å².